The zero-order valence-corrected chi connectivity index (χ0v) is 9.02. The summed E-state index contributed by atoms with van der Waals surface area (Å²) in [5.74, 6) is 0. The Morgan fingerprint density at radius 3 is 2.50 bits per heavy atom. The second kappa shape index (κ2) is 3.49. The van der Waals surface area contributed by atoms with Gasteiger partial charge in [-0.25, -0.2) is 0 Å². The first-order valence-electron chi connectivity index (χ1n) is 6.36. The van der Waals surface area contributed by atoms with E-state index in [1.165, 1.54) is 58.0 Å². The fourth-order valence-electron chi connectivity index (χ4n) is 3.49. The topological polar surface area (TPSA) is 24.1 Å². The molecule has 0 radical (unpaired) electrons. The molecule has 1 heterocycles. The van der Waals surface area contributed by atoms with Crippen molar-refractivity contribution in [2.24, 2.45) is 5.41 Å². The van der Waals surface area contributed by atoms with Gasteiger partial charge in [-0.3, -0.25) is 0 Å². The molecule has 0 aromatic carbocycles. The quantitative estimate of drug-likeness (QED) is 0.698. The van der Waals surface area contributed by atoms with Gasteiger partial charge >= 0.3 is 0 Å². The molecular formula is C12H22N2. The van der Waals surface area contributed by atoms with E-state index in [2.05, 4.69) is 10.6 Å². The Bertz CT molecular complexity index is 202. The van der Waals surface area contributed by atoms with Crippen molar-refractivity contribution in [3.05, 3.63) is 0 Å². The van der Waals surface area contributed by atoms with E-state index in [1.54, 1.807) is 0 Å². The highest BCUT2D eigenvalue weighted by Crippen LogP contribution is 2.58. The van der Waals surface area contributed by atoms with Crippen molar-refractivity contribution in [3.63, 3.8) is 0 Å². The third-order valence-corrected chi connectivity index (χ3v) is 4.57. The molecule has 3 fully saturated rings. The van der Waals surface area contributed by atoms with Gasteiger partial charge in [-0.1, -0.05) is 12.8 Å². The lowest BCUT2D eigenvalue weighted by Crippen LogP contribution is -2.42. The molecule has 2 nitrogen and oxygen atoms in total. The summed E-state index contributed by atoms with van der Waals surface area (Å²) in [5.41, 5.74) is 0.783. The molecule has 3 aliphatic rings. The Labute approximate surface area is 86.8 Å². The van der Waals surface area contributed by atoms with Crippen LogP contribution in [-0.2, 0) is 0 Å². The molecule has 1 atom stereocenters. The van der Waals surface area contributed by atoms with Gasteiger partial charge in [0.05, 0.1) is 0 Å². The first kappa shape index (κ1) is 9.17. The third-order valence-electron chi connectivity index (χ3n) is 4.57. The van der Waals surface area contributed by atoms with Crippen LogP contribution >= 0.6 is 0 Å². The van der Waals surface area contributed by atoms with Crippen LogP contribution in [0.1, 0.15) is 44.9 Å². The molecule has 14 heavy (non-hydrogen) atoms. The van der Waals surface area contributed by atoms with Crippen molar-refractivity contribution in [1.29, 1.82) is 0 Å². The lowest BCUT2D eigenvalue weighted by molar-refractivity contribution is 0.356. The smallest absolute Gasteiger partial charge is 0.0133 e. The minimum Gasteiger partial charge on any atom is -0.317 e. The molecule has 2 aliphatic carbocycles. The Balaban J connectivity index is 1.49. The van der Waals surface area contributed by atoms with Crippen LogP contribution in [0.15, 0.2) is 0 Å². The van der Waals surface area contributed by atoms with Gasteiger partial charge in [0.1, 0.15) is 0 Å². The summed E-state index contributed by atoms with van der Waals surface area (Å²) >= 11 is 0. The highest BCUT2D eigenvalue weighted by Gasteiger charge is 2.55. The lowest BCUT2D eigenvalue weighted by Gasteiger charge is -2.25. The molecule has 2 heteroatoms. The van der Waals surface area contributed by atoms with Gasteiger partial charge < -0.3 is 10.6 Å². The van der Waals surface area contributed by atoms with E-state index in [1.807, 2.05) is 0 Å². The molecule has 0 bridgehead atoms. The molecule has 3 rings (SSSR count). The highest BCUT2D eigenvalue weighted by molar-refractivity contribution is 5.10. The normalized spacial score (nSPS) is 36.4. The zero-order valence-electron chi connectivity index (χ0n) is 9.02. The Hall–Kier alpha value is -0.0800. The molecule has 1 unspecified atom stereocenters. The van der Waals surface area contributed by atoms with Gasteiger partial charge in [0.25, 0.3) is 0 Å². The maximum absolute atomic E-state index is 3.89. The number of hydrogen-bond donors (Lipinski definition) is 2. The largest absolute Gasteiger partial charge is 0.317 e. The van der Waals surface area contributed by atoms with Crippen molar-refractivity contribution in [2.45, 2.75) is 57.0 Å². The molecule has 2 saturated carbocycles. The highest BCUT2D eigenvalue weighted by atomic mass is 15.1. The number of nitrogens with one attached hydrogen (secondary N) is 2. The van der Waals surface area contributed by atoms with Crippen LogP contribution in [0.25, 0.3) is 0 Å². The minimum atomic E-state index is 0.783. The van der Waals surface area contributed by atoms with E-state index in [9.17, 15) is 0 Å². The van der Waals surface area contributed by atoms with E-state index in [0.717, 1.165) is 17.5 Å². The average molecular weight is 194 g/mol. The van der Waals surface area contributed by atoms with Crippen LogP contribution in [0.2, 0.25) is 0 Å². The van der Waals surface area contributed by atoms with Gasteiger partial charge in [-0.05, 0) is 50.6 Å². The third kappa shape index (κ3) is 1.59. The van der Waals surface area contributed by atoms with Crippen molar-refractivity contribution in [2.75, 3.05) is 13.1 Å². The average Bonchev–Trinajstić information content (AvgIpc) is 2.67. The molecule has 1 aliphatic heterocycles. The van der Waals surface area contributed by atoms with Gasteiger partial charge in [0, 0.05) is 12.1 Å². The molecular weight excluding hydrogens is 172 g/mol. The predicted molar refractivity (Wildman–Crippen MR) is 58.3 cm³/mol. The summed E-state index contributed by atoms with van der Waals surface area (Å²) < 4.78 is 0. The first-order chi connectivity index (χ1) is 6.89. The van der Waals surface area contributed by atoms with E-state index >= 15 is 0 Å². The van der Waals surface area contributed by atoms with E-state index in [4.69, 9.17) is 0 Å². The van der Waals surface area contributed by atoms with E-state index < -0.39 is 0 Å². The molecule has 80 valence electrons. The van der Waals surface area contributed by atoms with Crippen molar-refractivity contribution >= 4 is 0 Å². The molecule has 0 aromatic rings. The van der Waals surface area contributed by atoms with Crippen LogP contribution in [0, 0.1) is 5.41 Å². The molecule has 1 spiro atoms. The van der Waals surface area contributed by atoms with E-state index in [-0.39, 0.29) is 0 Å². The van der Waals surface area contributed by atoms with Crippen molar-refractivity contribution in [1.82, 2.24) is 10.6 Å². The van der Waals surface area contributed by atoms with Crippen LogP contribution in [0.3, 0.4) is 0 Å². The van der Waals surface area contributed by atoms with Gasteiger partial charge in [0.2, 0.25) is 0 Å². The second-order valence-corrected chi connectivity index (χ2v) is 5.52. The predicted octanol–water partition coefficient (Wildman–Crippen LogP) is 1.66. The molecule has 0 amide bonds. The fourth-order valence-corrected chi connectivity index (χ4v) is 3.49. The van der Waals surface area contributed by atoms with Crippen LogP contribution in [0.5, 0.6) is 0 Å². The van der Waals surface area contributed by atoms with E-state index in [0.29, 0.717) is 0 Å². The maximum Gasteiger partial charge on any atom is 0.0133 e. The second-order valence-electron chi connectivity index (χ2n) is 5.52. The summed E-state index contributed by atoms with van der Waals surface area (Å²) in [6.45, 7) is 2.44. The summed E-state index contributed by atoms with van der Waals surface area (Å²) in [5, 5.41) is 7.31. The van der Waals surface area contributed by atoms with Gasteiger partial charge in [-0.15, -0.1) is 0 Å². The van der Waals surface area contributed by atoms with Crippen molar-refractivity contribution < 1.29 is 0 Å². The summed E-state index contributed by atoms with van der Waals surface area (Å²) in [4.78, 5) is 0. The number of piperidine rings is 1. The Kier molecular flexibility index (Phi) is 2.29. The van der Waals surface area contributed by atoms with Crippen molar-refractivity contribution in [3.8, 4) is 0 Å². The summed E-state index contributed by atoms with van der Waals surface area (Å²) in [6.07, 6.45) is 10.2. The van der Waals surface area contributed by atoms with Gasteiger partial charge in [-0.2, -0.15) is 0 Å². The number of hydrogen-bond acceptors (Lipinski definition) is 2. The Morgan fingerprint density at radius 2 is 1.79 bits per heavy atom. The van der Waals surface area contributed by atoms with Crippen LogP contribution in [0.4, 0.5) is 0 Å². The molecule has 0 aromatic heterocycles. The van der Waals surface area contributed by atoms with Gasteiger partial charge in [0.15, 0.2) is 0 Å². The zero-order chi connectivity index (χ0) is 9.43. The fraction of sp³-hybridized carbons (Fsp3) is 1.00. The monoisotopic (exact) mass is 194 g/mol. The van der Waals surface area contributed by atoms with Crippen LogP contribution in [-0.4, -0.2) is 25.2 Å². The maximum atomic E-state index is 3.89. The SMILES string of the molecule is C1CCC2(C1)CC2NC1CCNCC1. The first-order valence-corrected chi connectivity index (χ1v) is 6.36. The summed E-state index contributed by atoms with van der Waals surface area (Å²) in [6, 6.07) is 1.72. The summed E-state index contributed by atoms with van der Waals surface area (Å²) in [7, 11) is 0. The molecule has 2 N–H and O–H groups in total. The lowest BCUT2D eigenvalue weighted by atomic mass is 10.0. The Morgan fingerprint density at radius 1 is 1.07 bits per heavy atom. The van der Waals surface area contributed by atoms with Crippen LogP contribution < -0.4 is 10.6 Å². The number of rotatable bonds is 2. The standard InChI is InChI=1S/C12H22N2/c1-2-6-12(5-1)9-11(12)14-10-3-7-13-8-4-10/h10-11,13-14H,1-9H2. The minimum absolute atomic E-state index is 0.783. The molecule has 1 saturated heterocycles.